The maximum Gasteiger partial charge on any atom is 0.192 e. The van der Waals surface area contributed by atoms with E-state index in [1.165, 1.54) is 6.07 Å². The molecule has 35 heavy (non-hydrogen) atoms. The van der Waals surface area contributed by atoms with Crippen molar-refractivity contribution in [2.75, 3.05) is 12.4 Å². The number of nitrogens with one attached hydrogen (secondary N) is 1. The van der Waals surface area contributed by atoms with Gasteiger partial charge >= 0.3 is 0 Å². The van der Waals surface area contributed by atoms with E-state index in [9.17, 15) is 8.78 Å². The second kappa shape index (κ2) is 11.0. The highest BCUT2D eigenvalue weighted by Gasteiger charge is 2.39. The molecule has 0 amide bonds. The fourth-order valence-electron chi connectivity index (χ4n) is 3.47. The number of methoxy groups -OCH3 is 1. The van der Waals surface area contributed by atoms with Crippen molar-refractivity contribution in [3.8, 4) is 11.3 Å². The molecule has 0 fully saturated rings. The number of halogens is 2. The van der Waals surface area contributed by atoms with Crippen LogP contribution in [0.5, 0.6) is 0 Å². The van der Waals surface area contributed by atoms with Crippen molar-refractivity contribution in [3.05, 3.63) is 59.9 Å². The molecule has 0 spiro atoms. The first-order valence-electron chi connectivity index (χ1n) is 11.9. The number of anilines is 2. The van der Waals surface area contributed by atoms with E-state index in [1.54, 1.807) is 13.3 Å². The normalized spacial score (nSPS) is 13.2. The smallest absolute Gasteiger partial charge is 0.192 e. The molecule has 1 atom stereocenters. The molecule has 3 rings (SSSR count). The summed E-state index contributed by atoms with van der Waals surface area (Å²) in [6.07, 6.45) is 2.56. The Kier molecular flexibility index (Phi) is 8.45. The Morgan fingerprint density at radius 1 is 1.09 bits per heavy atom. The quantitative estimate of drug-likeness (QED) is 0.305. The van der Waals surface area contributed by atoms with E-state index in [2.05, 4.69) is 51.1 Å². The minimum absolute atomic E-state index is 0.0223. The zero-order valence-electron chi connectivity index (χ0n) is 21.7. The molecular formula is C26H36F2N4O2Si. The Hall–Kier alpha value is -2.62. The molecule has 0 saturated carbocycles. The van der Waals surface area contributed by atoms with E-state index in [0.29, 0.717) is 24.7 Å². The Morgan fingerprint density at radius 3 is 2.46 bits per heavy atom. The summed E-state index contributed by atoms with van der Waals surface area (Å²) >= 11 is 0. The first-order chi connectivity index (χ1) is 16.4. The predicted molar refractivity (Wildman–Crippen MR) is 138 cm³/mol. The van der Waals surface area contributed by atoms with Crippen LogP contribution in [0.1, 0.15) is 39.8 Å². The zero-order chi connectivity index (χ0) is 25.8. The molecule has 6 nitrogen and oxygen atoms in total. The first-order valence-corrected chi connectivity index (χ1v) is 14.8. The van der Waals surface area contributed by atoms with E-state index < -0.39 is 20.0 Å². The number of ether oxygens (including phenoxy) is 1. The van der Waals surface area contributed by atoms with Gasteiger partial charge in [-0.1, -0.05) is 27.7 Å². The number of benzene rings is 1. The molecule has 0 aliphatic carbocycles. The third kappa shape index (κ3) is 6.74. The number of hydrogen-bond donors (Lipinski definition) is 1. The zero-order valence-corrected chi connectivity index (χ0v) is 22.7. The SMILES string of the molecule is CCC(Cn1nc(Nc2ccc(F)c(F)c2)cc1-c1ccnc(COC)c1)O[Si](C)(C)C(C)(C)C. The highest BCUT2D eigenvalue weighted by molar-refractivity contribution is 6.74. The van der Waals surface area contributed by atoms with Gasteiger partial charge in [0.25, 0.3) is 0 Å². The lowest BCUT2D eigenvalue weighted by molar-refractivity contribution is 0.153. The van der Waals surface area contributed by atoms with Crippen molar-refractivity contribution in [3.63, 3.8) is 0 Å². The molecule has 2 aromatic heterocycles. The number of rotatable bonds is 10. The summed E-state index contributed by atoms with van der Waals surface area (Å²) in [5.74, 6) is -1.28. The number of hydrogen-bond acceptors (Lipinski definition) is 5. The van der Waals surface area contributed by atoms with Crippen LogP contribution in [0.3, 0.4) is 0 Å². The minimum atomic E-state index is -1.99. The largest absolute Gasteiger partial charge is 0.412 e. The van der Waals surface area contributed by atoms with Crippen LogP contribution in [0.15, 0.2) is 42.6 Å². The molecule has 0 radical (unpaired) electrons. The maximum absolute atomic E-state index is 13.7. The summed E-state index contributed by atoms with van der Waals surface area (Å²) in [5.41, 5.74) is 3.02. The van der Waals surface area contributed by atoms with E-state index in [0.717, 1.165) is 35.5 Å². The molecule has 190 valence electrons. The van der Waals surface area contributed by atoms with E-state index >= 15 is 0 Å². The minimum Gasteiger partial charge on any atom is -0.412 e. The van der Waals surface area contributed by atoms with Crippen LogP contribution in [0, 0.1) is 11.6 Å². The second-order valence-electron chi connectivity index (χ2n) is 10.2. The summed E-state index contributed by atoms with van der Waals surface area (Å²) in [6.45, 7) is 14.2. The Bertz CT molecular complexity index is 1140. The number of pyridine rings is 1. The lowest BCUT2D eigenvalue weighted by Gasteiger charge is -2.39. The molecule has 3 aromatic rings. The summed E-state index contributed by atoms with van der Waals surface area (Å²) < 4.78 is 41.0. The molecule has 2 heterocycles. The fourth-order valence-corrected chi connectivity index (χ4v) is 4.90. The Balaban J connectivity index is 1.97. The van der Waals surface area contributed by atoms with Gasteiger partial charge in [-0.25, -0.2) is 8.78 Å². The number of aromatic nitrogens is 3. The monoisotopic (exact) mass is 502 g/mol. The average molecular weight is 503 g/mol. The Morgan fingerprint density at radius 2 is 1.83 bits per heavy atom. The summed E-state index contributed by atoms with van der Waals surface area (Å²) in [6, 6.07) is 9.47. The molecule has 1 aromatic carbocycles. The van der Waals surface area contributed by atoms with Crippen molar-refractivity contribution in [2.24, 2.45) is 0 Å². The third-order valence-electron chi connectivity index (χ3n) is 6.48. The molecule has 1 N–H and O–H groups in total. The van der Waals surface area contributed by atoms with Crippen LogP contribution in [0.4, 0.5) is 20.3 Å². The van der Waals surface area contributed by atoms with Gasteiger partial charge in [0.1, 0.15) is 0 Å². The predicted octanol–water partition coefficient (Wildman–Crippen LogP) is 6.91. The van der Waals surface area contributed by atoms with E-state index in [1.807, 2.05) is 22.9 Å². The molecule has 1 unspecified atom stereocenters. The van der Waals surface area contributed by atoms with Gasteiger partial charge in [-0.05, 0) is 48.8 Å². The highest BCUT2D eigenvalue weighted by Crippen LogP contribution is 2.38. The Labute approximate surface area is 207 Å². The molecule has 0 saturated heterocycles. The van der Waals surface area contributed by atoms with Crippen molar-refractivity contribution >= 4 is 19.8 Å². The van der Waals surface area contributed by atoms with Gasteiger partial charge in [-0.3, -0.25) is 9.67 Å². The van der Waals surface area contributed by atoms with Gasteiger partial charge in [0.05, 0.1) is 30.6 Å². The van der Waals surface area contributed by atoms with Crippen LogP contribution < -0.4 is 5.32 Å². The first kappa shape index (κ1) is 27.0. The molecule has 0 aliphatic heterocycles. The molecule has 0 aliphatic rings. The standard InChI is InChI=1S/C26H36F2N4O2Si/c1-8-21(34-35(6,7)26(2,3)4)16-32-24(18-11-12-29-20(13-18)17-33-5)15-25(31-32)30-19-9-10-22(27)23(28)14-19/h9-15,21H,8,16-17H2,1-7H3,(H,30,31). The van der Waals surface area contributed by atoms with Crippen molar-refractivity contribution in [1.82, 2.24) is 14.8 Å². The van der Waals surface area contributed by atoms with Gasteiger partial charge in [0.15, 0.2) is 25.8 Å². The van der Waals surface area contributed by atoms with Crippen LogP contribution in [-0.4, -0.2) is 36.3 Å². The fraction of sp³-hybridized carbons (Fsp3) is 0.462. The second-order valence-corrected chi connectivity index (χ2v) is 15.0. The number of nitrogens with zero attached hydrogens (tertiary/aromatic N) is 3. The molecule has 0 bridgehead atoms. The van der Waals surface area contributed by atoms with Crippen molar-refractivity contribution in [1.29, 1.82) is 0 Å². The molecule has 9 heteroatoms. The molecular weight excluding hydrogens is 466 g/mol. The van der Waals surface area contributed by atoms with E-state index in [4.69, 9.17) is 14.3 Å². The lowest BCUT2D eigenvalue weighted by Crippen LogP contribution is -2.44. The highest BCUT2D eigenvalue weighted by atomic mass is 28.4. The van der Waals surface area contributed by atoms with Crippen LogP contribution in [0.25, 0.3) is 11.3 Å². The van der Waals surface area contributed by atoms with Gasteiger partial charge in [0.2, 0.25) is 0 Å². The van der Waals surface area contributed by atoms with Crippen LogP contribution in [-0.2, 0) is 22.3 Å². The maximum atomic E-state index is 13.7. The van der Waals surface area contributed by atoms with Crippen LogP contribution in [0.2, 0.25) is 18.1 Å². The van der Waals surface area contributed by atoms with Gasteiger partial charge in [-0.2, -0.15) is 5.10 Å². The average Bonchev–Trinajstić information content (AvgIpc) is 3.17. The van der Waals surface area contributed by atoms with Gasteiger partial charge in [0, 0.05) is 36.7 Å². The van der Waals surface area contributed by atoms with E-state index in [-0.39, 0.29) is 11.1 Å². The van der Waals surface area contributed by atoms with Crippen LogP contribution >= 0.6 is 0 Å². The van der Waals surface area contributed by atoms with Crippen molar-refractivity contribution < 1.29 is 17.9 Å². The van der Waals surface area contributed by atoms with Gasteiger partial charge in [-0.15, -0.1) is 0 Å². The lowest BCUT2D eigenvalue weighted by atomic mass is 10.1. The topological polar surface area (TPSA) is 61.2 Å². The van der Waals surface area contributed by atoms with Crippen molar-refractivity contribution in [2.45, 2.75) is 71.5 Å². The summed E-state index contributed by atoms with van der Waals surface area (Å²) in [5, 5.41) is 7.95. The summed E-state index contributed by atoms with van der Waals surface area (Å²) in [4.78, 5) is 4.36. The summed E-state index contributed by atoms with van der Waals surface area (Å²) in [7, 11) is -0.354. The van der Waals surface area contributed by atoms with Gasteiger partial charge < -0.3 is 14.5 Å². The third-order valence-corrected chi connectivity index (χ3v) is 11.0.